The molecule has 0 bridgehead atoms. The van der Waals surface area contributed by atoms with E-state index in [2.05, 4.69) is 5.32 Å². The number of rotatable bonds is 6. The summed E-state index contributed by atoms with van der Waals surface area (Å²) in [5.41, 5.74) is 0.457. The Hall–Kier alpha value is -2.30. The van der Waals surface area contributed by atoms with Crippen molar-refractivity contribution >= 4 is 5.91 Å². The fourth-order valence-electron chi connectivity index (χ4n) is 3.39. The number of benzene rings is 2. The zero-order valence-electron chi connectivity index (χ0n) is 14.0. The van der Waals surface area contributed by atoms with Crippen LogP contribution in [0.25, 0.3) is 0 Å². The summed E-state index contributed by atoms with van der Waals surface area (Å²) in [6.45, 7) is 2.28. The first-order valence-corrected chi connectivity index (χ1v) is 8.38. The van der Waals surface area contributed by atoms with Crippen LogP contribution in [0.1, 0.15) is 30.9 Å². The minimum Gasteiger partial charge on any atom is -0.355 e. The van der Waals surface area contributed by atoms with Gasteiger partial charge in [0.15, 0.2) is 0 Å². The Morgan fingerprint density at radius 3 is 2.52 bits per heavy atom. The molecule has 1 amide bonds. The number of carbonyl (C=O) groups excluding carboxylic acids is 1. The lowest BCUT2D eigenvalue weighted by Gasteiger charge is -2.19. The highest BCUT2D eigenvalue weighted by atomic mass is 19.1. The summed E-state index contributed by atoms with van der Waals surface area (Å²) in [4.78, 5) is 12.1. The molecule has 3 rings (SSSR count). The second-order valence-corrected chi connectivity index (χ2v) is 6.75. The van der Waals surface area contributed by atoms with Crippen LogP contribution in [0.5, 0.6) is 0 Å². The van der Waals surface area contributed by atoms with Crippen LogP contribution in [-0.2, 0) is 16.6 Å². The number of halogens is 3. The minimum absolute atomic E-state index is 0.164. The molecule has 0 aliphatic heterocycles. The molecule has 5 heteroatoms. The van der Waals surface area contributed by atoms with Gasteiger partial charge in [-0.1, -0.05) is 31.2 Å². The molecule has 0 spiro atoms. The molecule has 1 aliphatic rings. The number of nitrogens with one attached hydrogen (secondary N) is 1. The van der Waals surface area contributed by atoms with Gasteiger partial charge in [-0.05, 0) is 42.0 Å². The van der Waals surface area contributed by atoms with Crippen molar-refractivity contribution in [2.75, 3.05) is 6.54 Å². The molecule has 132 valence electrons. The number of hydrogen-bond acceptors (Lipinski definition) is 1. The second-order valence-electron chi connectivity index (χ2n) is 6.75. The Morgan fingerprint density at radius 2 is 1.88 bits per heavy atom. The molecular formula is C20H20F3NO. The van der Waals surface area contributed by atoms with Crippen LogP contribution in [-0.4, -0.2) is 12.5 Å². The van der Waals surface area contributed by atoms with Crippen LogP contribution < -0.4 is 5.32 Å². The summed E-state index contributed by atoms with van der Waals surface area (Å²) in [7, 11) is 0. The van der Waals surface area contributed by atoms with Crippen LogP contribution >= 0.6 is 0 Å². The van der Waals surface area contributed by atoms with Crippen LogP contribution in [0, 0.1) is 23.4 Å². The molecule has 1 N–H and O–H groups in total. The van der Waals surface area contributed by atoms with Gasteiger partial charge in [0.25, 0.3) is 0 Å². The normalized spacial score (nSPS) is 21.8. The summed E-state index contributed by atoms with van der Waals surface area (Å²) >= 11 is 0. The average Bonchev–Trinajstić information content (AvgIpc) is 3.23. The van der Waals surface area contributed by atoms with Gasteiger partial charge in [-0.3, -0.25) is 4.79 Å². The predicted octanol–water partition coefficient (Wildman–Crippen LogP) is 4.13. The first kappa shape index (κ1) is 17.5. The third kappa shape index (κ3) is 3.70. The standard InChI is InChI=1S/C20H20F3NO/c1-13-11-20(13,16-8-7-15(21)10-18(16)23)12-24-19(25)9-6-14-4-2-3-5-17(14)22/h2-5,7-8,10,13H,6,9,11-12H2,1H3,(H,24,25). The van der Waals surface area contributed by atoms with Gasteiger partial charge in [-0.15, -0.1) is 0 Å². The van der Waals surface area contributed by atoms with Crippen molar-refractivity contribution in [3.05, 3.63) is 71.0 Å². The molecule has 2 aromatic rings. The van der Waals surface area contributed by atoms with Crippen LogP contribution in [0.3, 0.4) is 0 Å². The van der Waals surface area contributed by atoms with Gasteiger partial charge >= 0.3 is 0 Å². The summed E-state index contributed by atoms with van der Waals surface area (Å²) in [6.07, 6.45) is 1.21. The SMILES string of the molecule is CC1CC1(CNC(=O)CCc1ccccc1F)c1ccc(F)cc1F. The van der Waals surface area contributed by atoms with Crippen LogP contribution in [0.15, 0.2) is 42.5 Å². The lowest BCUT2D eigenvalue weighted by molar-refractivity contribution is -0.121. The van der Waals surface area contributed by atoms with Gasteiger partial charge in [0.05, 0.1) is 0 Å². The Kier molecular flexibility index (Phi) is 4.84. The highest BCUT2D eigenvalue weighted by Gasteiger charge is 2.53. The smallest absolute Gasteiger partial charge is 0.220 e. The van der Waals surface area contributed by atoms with Gasteiger partial charge in [0.2, 0.25) is 5.91 Å². The molecule has 25 heavy (non-hydrogen) atoms. The van der Waals surface area contributed by atoms with Gasteiger partial charge < -0.3 is 5.32 Å². The molecular weight excluding hydrogens is 327 g/mol. The Morgan fingerprint density at radius 1 is 1.16 bits per heavy atom. The summed E-state index contributed by atoms with van der Waals surface area (Å²) < 4.78 is 40.8. The van der Waals surface area contributed by atoms with E-state index in [9.17, 15) is 18.0 Å². The van der Waals surface area contributed by atoms with Crippen molar-refractivity contribution in [2.45, 2.75) is 31.6 Å². The lowest BCUT2D eigenvalue weighted by atomic mass is 9.92. The highest BCUT2D eigenvalue weighted by Crippen LogP contribution is 2.54. The van der Waals surface area contributed by atoms with E-state index < -0.39 is 17.0 Å². The summed E-state index contributed by atoms with van der Waals surface area (Å²) in [5, 5.41) is 2.82. The minimum atomic E-state index is -0.612. The summed E-state index contributed by atoms with van der Waals surface area (Å²) in [5.74, 6) is -1.51. The molecule has 1 aliphatic carbocycles. The first-order valence-electron chi connectivity index (χ1n) is 8.38. The molecule has 1 saturated carbocycles. The van der Waals surface area contributed by atoms with Crippen molar-refractivity contribution in [1.82, 2.24) is 5.32 Å². The van der Waals surface area contributed by atoms with Crippen molar-refractivity contribution < 1.29 is 18.0 Å². The summed E-state index contributed by atoms with van der Waals surface area (Å²) in [6, 6.07) is 9.93. The maximum atomic E-state index is 14.1. The fourth-order valence-corrected chi connectivity index (χ4v) is 3.39. The van der Waals surface area contributed by atoms with E-state index in [1.54, 1.807) is 18.2 Å². The Bertz CT molecular complexity index is 792. The van der Waals surface area contributed by atoms with Crippen molar-refractivity contribution in [1.29, 1.82) is 0 Å². The zero-order valence-corrected chi connectivity index (χ0v) is 14.0. The van der Waals surface area contributed by atoms with Crippen LogP contribution in [0.4, 0.5) is 13.2 Å². The molecule has 0 aromatic heterocycles. The average molecular weight is 347 g/mol. The van der Waals surface area contributed by atoms with E-state index in [0.29, 0.717) is 24.1 Å². The van der Waals surface area contributed by atoms with Gasteiger partial charge in [0, 0.05) is 24.4 Å². The van der Waals surface area contributed by atoms with E-state index in [0.717, 1.165) is 12.5 Å². The van der Waals surface area contributed by atoms with Crippen molar-refractivity contribution in [3.8, 4) is 0 Å². The van der Waals surface area contributed by atoms with E-state index >= 15 is 0 Å². The molecule has 2 unspecified atom stereocenters. The van der Waals surface area contributed by atoms with E-state index in [1.807, 2.05) is 6.92 Å². The molecule has 2 nitrogen and oxygen atoms in total. The molecule has 2 aromatic carbocycles. The molecule has 1 fully saturated rings. The fraction of sp³-hybridized carbons (Fsp3) is 0.350. The van der Waals surface area contributed by atoms with E-state index in [4.69, 9.17) is 0 Å². The maximum Gasteiger partial charge on any atom is 0.220 e. The largest absolute Gasteiger partial charge is 0.355 e. The third-order valence-corrected chi connectivity index (χ3v) is 5.10. The highest BCUT2D eigenvalue weighted by molar-refractivity contribution is 5.76. The van der Waals surface area contributed by atoms with Crippen LogP contribution in [0.2, 0.25) is 0 Å². The van der Waals surface area contributed by atoms with Gasteiger partial charge in [-0.2, -0.15) is 0 Å². The molecule has 0 saturated heterocycles. The Labute approximate surface area is 145 Å². The van der Waals surface area contributed by atoms with Crippen molar-refractivity contribution in [2.24, 2.45) is 5.92 Å². The molecule has 0 heterocycles. The second kappa shape index (κ2) is 6.90. The van der Waals surface area contributed by atoms with Gasteiger partial charge in [-0.25, -0.2) is 13.2 Å². The lowest BCUT2D eigenvalue weighted by Crippen LogP contribution is -2.34. The quantitative estimate of drug-likeness (QED) is 0.836. The number of amides is 1. The molecule has 2 atom stereocenters. The number of aryl methyl sites for hydroxylation is 1. The third-order valence-electron chi connectivity index (χ3n) is 5.10. The Balaban J connectivity index is 1.60. The van der Waals surface area contributed by atoms with E-state index in [1.165, 1.54) is 18.2 Å². The number of hydrogen-bond donors (Lipinski definition) is 1. The topological polar surface area (TPSA) is 29.1 Å². The van der Waals surface area contributed by atoms with Gasteiger partial charge in [0.1, 0.15) is 17.5 Å². The first-order chi connectivity index (χ1) is 11.9. The predicted molar refractivity (Wildman–Crippen MR) is 89.5 cm³/mol. The molecule has 0 radical (unpaired) electrons. The monoisotopic (exact) mass is 347 g/mol. The van der Waals surface area contributed by atoms with E-state index in [-0.39, 0.29) is 24.1 Å². The number of carbonyl (C=O) groups is 1. The maximum absolute atomic E-state index is 14.1. The van der Waals surface area contributed by atoms with Crippen molar-refractivity contribution in [3.63, 3.8) is 0 Å². The zero-order chi connectivity index (χ0) is 18.0.